The molecule has 7 heteroatoms. The number of carbonyl (C=O) groups is 2. The normalized spacial score (nSPS) is 21.3. The van der Waals surface area contributed by atoms with Crippen LogP contribution in [-0.4, -0.2) is 40.6 Å². The van der Waals surface area contributed by atoms with Crippen LogP contribution in [0.1, 0.15) is 18.4 Å². The van der Waals surface area contributed by atoms with E-state index in [9.17, 15) is 9.59 Å². The number of hydrogen-bond acceptors (Lipinski definition) is 5. The van der Waals surface area contributed by atoms with Crippen LogP contribution in [-0.2, 0) is 16.1 Å². The van der Waals surface area contributed by atoms with E-state index >= 15 is 0 Å². The SMILES string of the molecule is Nc1ncccc1CN1C(=O)NC2(CCOCC2)C1=O. The highest BCUT2D eigenvalue weighted by Gasteiger charge is 2.51. The van der Waals surface area contributed by atoms with Crippen LogP contribution in [0.25, 0.3) is 0 Å². The smallest absolute Gasteiger partial charge is 0.325 e. The van der Waals surface area contributed by atoms with E-state index < -0.39 is 5.54 Å². The third-order valence-electron chi connectivity index (χ3n) is 3.85. The van der Waals surface area contributed by atoms with E-state index in [2.05, 4.69) is 10.3 Å². The minimum Gasteiger partial charge on any atom is -0.383 e. The minimum absolute atomic E-state index is 0.146. The van der Waals surface area contributed by atoms with Crippen LogP contribution in [0.4, 0.5) is 10.6 Å². The van der Waals surface area contributed by atoms with Gasteiger partial charge in [0.2, 0.25) is 0 Å². The number of ether oxygens (including phenoxy) is 1. The fraction of sp³-hybridized carbons (Fsp3) is 0.462. The second-order valence-electron chi connectivity index (χ2n) is 5.06. The maximum Gasteiger partial charge on any atom is 0.325 e. The lowest BCUT2D eigenvalue weighted by atomic mass is 9.90. The number of rotatable bonds is 2. The first-order chi connectivity index (χ1) is 9.62. The van der Waals surface area contributed by atoms with Gasteiger partial charge in [0.1, 0.15) is 11.4 Å². The van der Waals surface area contributed by atoms with Gasteiger partial charge in [-0.3, -0.25) is 9.69 Å². The van der Waals surface area contributed by atoms with Crippen LogP contribution >= 0.6 is 0 Å². The van der Waals surface area contributed by atoms with E-state index in [0.29, 0.717) is 37.4 Å². The van der Waals surface area contributed by atoms with Crippen LogP contribution in [0.2, 0.25) is 0 Å². The first-order valence-electron chi connectivity index (χ1n) is 6.54. The van der Waals surface area contributed by atoms with Crippen molar-refractivity contribution >= 4 is 17.8 Å². The Bertz CT molecular complexity index is 554. The molecule has 0 aromatic carbocycles. The average Bonchev–Trinajstić information content (AvgIpc) is 2.66. The van der Waals surface area contributed by atoms with Gasteiger partial charge >= 0.3 is 6.03 Å². The molecule has 0 atom stereocenters. The number of nitrogens with zero attached hydrogens (tertiary/aromatic N) is 2. The van der Waals surface area contributed by atoms with Crippen molar-refractivity contribution in [1.82, 2.24) is 15.2 Å². The Balaban J connectivity index is 1.82. The number of amides is 3. The Kier molecular flexibility index (Phi) is 3.06. The number of nitrogen functional groups attached to an aromatic ring is 1. The minimum atomic E-state index is -0.799. The van der Waals surface area contributed by atoms with Crippen LogP contribution in [0.5, 0.6) is 0 Å². The van der Waals surface area contributed by atoms with E-state index in [1.807, 2.05) is 0 Å². The Morgan fingerprint density at radius 2 is 2.15 bits per heavy atom. The standard InChI is InChI=1S/C13H16N4O3/c14-10-9(2-1-5-15-10)8-17-11(18)13(16-12(17)19)3-6-20-7-4-13/h1-2,5H,3-4,6-8H2,(H2,14,15)(H,16,19). The highest BCUT2D eigenvalue weighted by molar-refractivity contribution is 6.07. The molecule has 1 spiro atoms. The van der Waals surface area contributed by atoms with Crippen molar-refractivity contribution in [3.63, 3.8) is 0 Å². The molecule has 3 N–H and O–H groups in total. The van der Waals surface area contributed by atoms with Crippen molar-refractivity contribution in [3.05, 3.63) is 23.9 Å². The molecular weight excluding hydrogens is 260 g/mol. The van der Waals surface area contributed by atoms with E-state index in [-0.39, 0.29) is 18.5 Å². The summed E-state index contributed by atoms with van der Waals surface area (Å²) in [5.74, 6) is 0.134. The van der Waals surface area contributed by atoms with Gasteiger partial charge in [0.15, 0.2) is 0 Å². The maximum absolute atomic E-state index is 12.5. The third-order valence-corrected chi connectivity index (χ3v) is 3.85. The Morgan fingerprint density at radius 3 is 2.85 bits per heavy atom. The highest BCUT2D eigenvalue weighted by Crippen LogP contribution is 2.29. The number of urea groups is 1. The zero-order valence-electron chi connectivity index (χ0n) is 11.0. The first-order valence-corrected chi connectivity index (χ1v) is 6.54. The monoisotopic (exact) mass is 276 g/mol. The largest absolute Gasteiger partial charge is 0.383 e. The average molecular weight is 276 g/mol. The molecule has 0 aliphatic carbocycles. The Hall–Kier alpha value is -2.15. The lowest BCUT2D eigenvalue weighted by molar-refractivity contribution is -0.134. The molecule has 7 nitrogen and oxygen atoms in total. The molecule has 3 heterocycles. The van der Waals surface area contributed by atoms with Crippen molar-refractivity contribution in [2.24, 2.45) is 0 Å². The van der Waals surface area contributed by atoms with Crippen molar-refractivity contribution in [2.75, 3.05) is 18.9 Å². The van der Waals surface area contributed by atoms with Gasteiger partial charge in [-0.25, -0.2) is 9.78 Å². The van der Waals surface area contributed by atoms with E-state index in [1.54, 1.807) is 18.3 Å². The summed E-state index contributed by atoms with van der Waals surface area (Å²) in [6.45, 7) is 1.11. The quantitative estimate of drug-likeness (QED) is 0.755. The molecule has 2 aliphatic heterocycles. The zero-order valence-corrected chi connectivity index (χ0v) is 11.0. The Labute approximate surface area is 116 Å². The molecule has 0 bridgehead atoms. The number of nitrogens with two attached hydrogens (primary N) is 1. The van der Waals surface area contributed by atoms with E-state index in [0.717, 1.165) is 0 Å². The number of nitrogens with one attached hydrogen (secondary N) is 1. The topological polar surface area (TPSA) is 97.6 Å². The van der Waals surface area contributed by atoms with Crippen LogP contribution in [0.15, 0.2) is 18.3 Å². The van der Waals surface area contributed by atoms with Gasteiger partial charge in [-0.15, -0.1) is 0 Å². The molecule has 2 fully saturated rings. The Morgan fingerprint density at radius 1 is 1.40 bits per heavy atom. The highest BCUT2D eigenvalue weighted by atomic mass is 16.5. The first kappa shape index (κ1) is 12.9. The van der Waals surface area contributed by atoms with Crippen molar-refractivity contribution in [1.29, 1.82) is 0 Å². The maximum atomic E-state index is 12.5. The molecule has 2 saturated heterocycles. The van der Waals surface area contributed by atoms with Gasteiger partial charge in [-0.1, -0.05) is 6.07 Å². The predicted octanol–water partition coefficient (Wildman–Crippen LogP) is 0.265. The molecule has 3 rings (SSSR count). The lowest BCUT2D eigenvalue weighted by Crippen LogP contribution is -2.51. The molecule has 0 unspecified atom stereocenters. The number of hydrogen-bond donors (Lipinski definition) is 2. The second kappa shape index (κ2) is 4.75. The molecule has 0 saturated carbocycles. The molecule has 1 aromatic rings. The molecule has 3 amide bonds. The number of carbonyl (C=O) groups excluding carboxylic acids is 2. The summed E-state index contributed by atoms with van der Waals surface area (Å²) < 4.78 is 5.26. The van der Waals surface area contributed by atoms with Crippen molar-refractivity contribution < 1.29 is 14.3 Å². The van der Waals surface area contributed by atoms with Gasteiger partial charge in [0, 0.05) is 37.8 Å². The molecule has 2 aliphatic rings. The van der Waals surface area contributed by atoms with Crippen LogP contribution in [0, 0.1) is 0 Å². The molecule has 0 radical (unpaired) electrons. The predicted molar refractivity (Wildman–Crippen MR) is 70.5 cm³/mol. The molecular formula is C13H16N4O3. The molecule has 20 heavy (non-hydrogen) atoms. The summed E-state index contributed by atoms with van der Waals surface area (Å²) in [6.07, 6.45) is 2.60. The van der Waals surface area contributed by atoms with E-state index in [4.69, 9.17) is 10.5 Å². The van der Waals surface area contributed by atoms with Crippen molar-refractivity contribution in [3.8, 4) is 0 Å². The second-order valence-corrected chi connectivity index (χ2v) is 5.06. The molecule has 1 aromatic heterocycles. The number of imide groups is 1. The third kappa shape index (κ3) is 2.00. The summed E-state index contributed by atoms with van der Waals surface area (Å²) in [7, 11) is 0. The fourth-order valence-corrected chi connectivity index (χ4v) is 2.63. The number of anilines is 1. The van der Waals surface area contributed by atoms with Gasteiger partial charge < -0.3 is 15.8 Å². The van der Waals surface area contributed by atoms with Gasteiger partial charge in [0.25, 0.3) is 5.91 Å². The zero-order chi connectivity index (χ0) is 14.2. The number of aromatic nitrogens is 1. The van der Waals surface area contributed by atoms with E-state index in [1.165, 1.54) is 4.90 Å². The van der Waals surface area contributed by atoms with Gasteiger partial charge in [-0.05, 0) is 6.07 Å². The van der Waals surface area contributed by atoms with Crippen LogP contribution < -0.4 is 11.1 Å². The molecule has 106 valence electrons. The summed E-state index contributed by atoms with van der Waals surface area (Å²) in [4.78, 5) is 29.8. The van der Waals surface area contributed by atoms with Crippen molar-refractivity contribution in [2.45, 2.75) is 24.9 Å². The fourth-order valence-electron chi connectivity index (χ4n) is 2.63. The van der Waals surface area contributed by atoms with Gasteiger partial charge in [0.05, 0.1) is 6.54 Å². The summed E-state index contributed by atoms with van der Waals surface area (Å²) in [6, 6.07) is 3.12. The lowest BCUT2D eigenvalue weighted by Gasteiger charge is -2.30. The number of pyridine rings is 1. The van der Waals surface area contributed by atoms with Gasteiger partial charge in [-0.2, -0.15) is 0 Å². The summed E-state index contributed by atoms with van der Waals surface area (Å²) in [5, 5.41) is 2.81. The summed E-state index contributed by atoms with van der Waals surface area (Å²) in [5.41, 5.74) is 5.63. The summed E-state index contributed by atoms with van der Waals surface area (Å²) >= 11 is 0. The van der Waals surface area contributed by atoms with Crippen LogP contribution in [0.3, 0.4) is 0 Å².